The average molecular weight is 1440 g/mol. The van der Waals surface area contributed by atoms with Crippen LogP contribution in [0.4, 0.5) is 0 Å². The van der Waals surface area contributed by atoms with Crippen LogP contribution in [0.2, 0.25) is 0 Å². The molecule has 7 atom stereocenters. The zero-order valence-corrected chi connectivity index (χ0v) is 65.9. The standard InChI is InChI=1S/C79H154O17P2/c1-7-11-13-15-17-19-38-45-51-57-63-78(83)95-74(67-89-76(81)61-55-49-43-18-16-14-12-8-2)69-93-97(85,86)91-65-73(80)66-92-98(87,88)94-70-75(68-90-77(82)62-56-50-44-39-34-30-27-26-29-33-37-42-48-54-60-72(6)10-4)96-79(84)64-58-52-46-40-35-31-25-23-21-20-22-24-28-32-36-41-47-53-59-71(5)9-3/h71-75,80H,7-70H2,1-6H3,(H,85,86)(H,87,88)/t71?,72?,73-,74+,75+/m0/s1. The Balaban J connectivity index is 5.16. The van der Waals surface area contributed by atoms with Crippen molar-refractivity contribution in [2.24, 2.45) is 11.8 Å². The molecule has 582 valence electrons. The Kier molecular flexibility index (Phi) is 69.3. The first-order valence-corrected chi connectivity index (χ1v) is 44.1. The van der Waals surface area contributed by atoms with Gasteiger partial charge in [-0.1, -0.05) is 363 Å². The molecule has 0 amide bonds. The van der Waals surface area contributed by atoms with E-state index in [0.717, 1.165) is 108 Å². The molecule has 0 aromatic carbocycles. The Labute approximate surface area is 600 Å². The van der Waals surface area contributed by atoms with E-state index in [-0.39, 0.29) is 25.7 Å². The maximum atomic E-state index is 13.1. The molecular weight excluding hydrogens is 1280 g/mol. The largest absolute Gasteiger partial charge is 0.472 e. The van der Waals surface area contributed by atoms with Crippen LogP contribution in [0.5, 0.6) is 0 Å². The maximum absolute atomic E-state index is 13.1. The molecule has 0 aliphatic heterocycles. The van der Waals surface area contributed by atoms with Crippen LogP contribution in [0.15, 0.2) is 0 Å². The minimum absolute atomic E-state index is 0.106. The summed E-state index contributed by atoms with van der Waals surface area (Å²) in [5.74, 6) is -0.394. The zero-order valence-electron chi connectivity index (χ0n) is 64.1. The third-order valence-corrected chi connectivity index (χ3v) is 21.1. The smallest absolute Gasteiger partial charge is 0.462 e. The number of carbonyl (C=O) groups is 4. The third kappa shape index (κ3) is 69.8. The number of hydrogen-bond donors (Lipinski definition) is 3. The van der Waals surface area contributed by atoms with Gasteiger partial charge in [-0.3, -0.25) is 37.3 Å². The fourth-order valence-corrected chi connectivity index (χ4v) is 13.7. The molecular formula is C79H154O17P2. The van der Waals surface area contributed by atoms with E-state index in [1.54, 1.807) is 0 Å². The number of hydrogen-bond acceptors (Lipinski definition) is 15. The van der Waals surface area contributed by atoms with Crippen molar-refractivity contribution in [3.63, 3.8) is 0 Å². The summed E-state index contributed by atoms with van der Waals surface area (Å²) < 4.78 is 68.5. The summed E-state index contributed by atoms with van der Waals surface area (Å²) >= 11 is 0. The summed E-state index contributed by atoms with van der Waals surface area (Å²) in [4.78, 5) is 72.7. The Morgan fingerprint density at radius 1 is 0.286 bits per heavy atom. The number of rotatable bonds is 78. The quantitative estimate of drug-likeness (QED) is 0.0222. The van der Waals surface area contributed by atoms with Crippen molar-refractivity contribution in [3.05, 3.63) is 0 Å². The molecule has 17 nitrogen and oxygen atoms in total. The Morgan fingerprint density at radius 3 is 0.724 bits per heavy atom. The monoisotopic (exact) mass is 1440 g/mol. The number of ether oxygens (including phenoxy) is 4. The third-order valence-electron chi connectivity index (χ3n) is 19.2. The highest BCUT2D eigenvalue weighted by molar-refractivity contribution is 7.47. The van der Waals surface area contributed by atoms with Gasteiger partial charge in [0, 0.05) is 25.7 Å². The van der Waals surface area contributed by atoms with Gasteiger partial charge in [-0.2, -0.15) is 0 Å². The topological polar surface area (TPSA) is 237 Å². The fourth-order valence-electron chi connectivity index (χ4n) is 12.1. The first-order valence-electron chi connectivity index (χ1n) is 41.1. The Morgan fingerprint density at radius 2 is 0.490 bits per heavy atom. The number of aliphatic hydroxyl groups is 1. The van der Waals surface area contributed by atoms with Crippen molar-refractivity contribution >= 4 is 39.5 Å². The van der Waals surface area contributed by atoms with Crippen molar-refractivity contribution in [2.75, 3.05) is 39.6 Å². The van der Waals surface area contributed by atoms with Gasteiger partial charge in [-0.25, -0.2) is 9.13 Å². The Bertz CT molecular complexity index is 1890. The molecule has 3 N–H and O–H groups in total. The van der Waals surface area contributed by atoms with Crippen LogP contribution < -0.4 is 0 Å². The number of aliphatic hydroxyl groups excluding tert-OH is 1. The number of carbonyl (C=O) groups excluding carboxylic acids is 4. The van der Waals surface area contributed by atoms with Crippen molar-refractivity contribution in [2.45, 2.75) is 432 Å². The first kappa shape index (κ1) is 96.1. The molecule has 0 fully saturated rings. The van der Waals surface area contributed by atoms with Gasteiger partial charge in [0.1, 0.15) is 19.3 Å². The molecule has 0 saturated carbocycles. The number of phosphoric ester groups is 2. The lowest BCUT2D eigenvalue weighted by atomic mass is 9.99. The highest BCUT2D eigenvalue weighted by atomic mass is 31.2. The maximum Gasteiger partial charge on any atom is 0.472 e. The predicted molar refractivity (Wildman–Crippen MR) is 400 cm³/mol. The molecule has 19 heteroatoms. The van der Waals surface area contributed by atoms with Crippen molar-refractivity contribution < 1.29 is 80.2 Å². The highest BCUT2D eigenvalue weighted by Crippen LogP contribution is 2.45. The molecule has 0 aromatic rings. The Hall–Kier alpha value is -1.94. The number of unbranched alkanes of at least 4 members (excludes halogenated alkanes) is 46. The van der Waals surface area contributed by atoms with E-state index in [4.69, 9.17) is 37.0 Å². The second-order valence-electron chi connectivity index (χ2n) is 28.9. The molecule has 0 saturated heterocycles. The van der Waals surface area contributed by atoms with Crippen LogP contribution in [-0.4, -0.2) is 96.7 Å². The van der Waals surface area contributed by atoms with Crippen LogP contribution in [0.1, 0.15) is 414 Å². The van der Waals surface area contributed by atoms with Crippen LogP contribution in [0.25, 0.3) is 0 Å². The molecule has 0 aliphatic rings. The molecule has 0 aliphatic carbocycles. The molecule has 0 spiro atoms. The van der Waals surface area contributed by atoms with E-state index < -0.39 is 97.5 Å². The van der Waals surface area contributed by atoms with E-state index >= 15 is 0 Å². The van der Waals surface area contributed by atoms with Gasteiger partial charge in [-0.15, -0.1) is 0 Å². The summed E-state index contributed by atoms with van der Waals surface area (Å²) in [6.07, 6.45) is 59.7. The summed E-state index contributed by atoms with van der Waals surface area (Å²) in [6, 6.07) is 0. The lowest BCUT2D eigenvalue weighted by molar-refractivity contribution is -0.161. The normalized spacial score (nSPS) is 14.5. The van der Waals surface area contributed by atoms with Crippen LogP contribution in [0.3, 0.4) is 0 Å². The molecule has 4 unspecified atom stereocenters. The van der Waals surface area contributed by atoms with Crippen molar-refractivity contribution in [1.82, 2.24) is 0 Å². The van der Waals surface area contributed by atoms with Gasteiger partial charge < -0.3 is 33.8 Å². The minimum Gasteiger partial charge on any atom is -0.462 e. The summed E-state index contributed by atoms with van der Waals surface area (Å²) in [5.41, 5.74) is 0. The van der Waals surface area contributed by atoms with Gasteiger partial charge in [0.05, 0.1) is 26.4 Å². The average Bonchev–Trinajstić information content (AvgIpc) is 1.17. The van der Waals surface area contributed by atoms with E-state index in [0.29, 0.717) is 25.7 Å². The molecule has 0 bridgehead atoms. The lowest BCUT2D eigenvalue weighted by Crippen LogP contribution is -2.30. The zero-order chi connectivity index (χ0) is 72.1. The SMILES string of the molecule is CCCCCCCCCCCCC(=O)O[C@H](COC(=O)CCCCCCCCCC)COP(=O)(O)OC[C@H](O)COP(=O)(O)OC[C@@H](COC(=O)CCCCCCCCCCCCCCCCC(C)CC)OC(=O)CCCCCCCCCCCCCCCCCCCCC(C)CC. The van der Waals surface area contributed by atoms with E-state index in [2.05, 4.69) is 41.5 Å². The van der Waals surface area contributed by atoms with Gasteiger partial charge in [0.25, 0.3) is 0 Å². The van der Waals surface area contributed by atoms with E-state index in [9.17, 15) is 43.2 Å². The van der Waals surface area contributed by atoms with Crippen molar-refractivity contribution in [1.29, 1.82) is 0 Å². The molecule has 98 heavy (non-hydrogen) atoms. The molecule has 0 rings (SSSR count). The van der Waals surface area contributed by atoms with Crippen molar-refractivity contribution in [3.8, 4) is 0 Å². The van der Waals surface area contributed by atoms with Gasteiger partial charge in [0.2, 0.25) is 0 Å². The van der Waals surface area contributed by atoms with Crippen LogP contribution in [-0.2, 0) is 65.4 Å². The molecule has 0 radical (unpaired) electrons. The summed E-state index contributed by atoms with van der Waals surface area (Å²) in [6.45, 7) is 9.70. The fraction of sp³-hybridized carbons (Fsp3) is 0.949. The summed E-state index contributed by atoms with van der Waals surface area (Å²) in [7, 11) is -9.91. The van der Waals surface area contributed by atoms with E-state index in [1.807, 2.05) is 0 Å². The minimum atomic E-state index is -4.96. The second kappa shape index (κ2) is 70.7. The van der Waals surface area contributed by atoms with Crippen LogP contribution >= 0.6 is 15.6 Å². The number of phosphoric acid groups is 2. The van der Waals surface area contributed by atoms with Gasteiger partial charge in [-0.05, 0) is 37.5 Å². The first-order chi connectivity index (χ1) is 47.4. The lowest BCUT2D eigenvalue weighted by Gasteiger charge is -2.21. The second-order valence-corrected chi connectivity index (χ2v) is 31.8. The van der Waals surface area contributed by atoms with Gasteiger partial charge >= 0.3 is 39.5 Å². The highest BCUT2D eigenvalue weighted by Gasteiger charge is 2.30. The molecule has 0 heterocycles. The van der Waals surface area contributed by atoms with E-state index in [1.165, 1.54) is 225 Å². The summed E-state index contributed by atoms with van der Waals surface area (Å²) in [5, 5.41) is 10.6. The number of esters is 4. The predicted octanol–water partition coefficient (Wildman–Crippen LogP) is 23.5. The van der Waals surface area contributed by atoms with Crippen LogP contribution in [0, 0.1) is 11.8 Å². The van der Waals surface area contributed by atoms with Gasteiger partial charge in [0.15, 0.2) is 12.2 Å². The molecule has 0 aromatic heterocycles.